The second-order valence-corrected chi connectivity index (χ2v) is 8.91. The molecule has 7 nitrogen and oxygen atoms in total. The van der Waals surface area contributed by atoms with Crippen LogP contribution >= 0.6 is 0 Å². The van der Waals surface area contributed by atoms with E-state index in [1.54, 1.807) is 0 Å². The van der Waals surface area contributed by atoms with Crippen LogP contribution in [0.2, 0.25) is 0 Å². The maximum Gasteiger partial charge on any atom is 0.298 e. The van der Waals surface area contributed by atoms with E-state index in [2.05, 4.69) is 20.1 Å². The van der Waals surface area contributed by atoms with Gasteiger partial charge in [0.05, 0.1) is 5.92 Å². The molecule has 0 unspecified atom stereocenters. The van der Waals surface area contributed by atoms with Gasteiger partial charge in [0.1, 0.15) is 5.52 Å². The lowest BCUT2D eigenvalue weighted by atomic mass is 9.93. The maximum absolute atomic E-state index is 12.8. The topological polar surface area (TPSA) is 70.8 Å². The minimum Gasteiger partial charge on any atom is -0.423 e. The maximum atomic E-state index is 12.8. The van der Waals surface area contributed by atoms with E-state index in [0.29, 0.717) is 12.1 Å². The molecule has 4 heterocycles. The normalized spacial score (nSPS) is 24.9. The number of fused-ring (bicyclic) bond motifs is 1. The Morgan fingerprint density at radius 2 is 1.83 bits per heavy atom. The molecule has 7 heteroatoms. The van der Waals surface area contributed by atoms with E-state index in [-0.39, 0.29) is 11.8 Å². The fourth-order valence-electron chi connectivity index (χ4n) is 5.13. The molecule has 1 aromatic carbocycles. The molecular formula is C23H32N4O3. The highest BCUT2D eigenvalue weighted by molar-refractivity contribution is 5.79. The van der Waals surface area contributed by atoms with Crippen molar-refractivity contribution >= 4 is 23.0 Å². The van der Waals surface area contributed by atoms with Gasteiger partial charge in [0.15, 0.2) is 5.58 Å². The quantitative estimate of drug-likeness (QED) is 0.833. The van der Waals surface area contributed by atoms with Crippen LogP contribution < -0.4 is 10.2 Å². The summed E-state index contributed by atoms with van der Waals surface area (Å²) >= 11 is 0. The molecule has 162 valence electrons. The molecule has 30 heavy (non-hydrogen) atoms. The molecule has 3 aliphatic rings. The molecule has 3 aliphatic heterocycles. The SMILES string of the molecule is O=C(NC1CCOCC1)[C@H]1CCCN(C2CCN(c3nc4ccccc4o3)CC2)C1. The predicted molar refractivity (Wildman–Crippen MR) is 116 cm³/mol. The average Bonchev–Trinajstić information content (AvgIpc) is 3.24. The number of carbonyl (C=O) groups is 1. The zero-order chi connectivity index (χ0) is 20.3. The van der Waals surface area contributed by atoms with E-state index < -0.39 is 0 Å². The summed E-state index contributed by atoms with van der Waals surface area (Å²) in [4.78, 5) is 22.3. The number of hydrogen-bond donors (Lipinski definition) is 1. The lowest BCUT2D eigenvalue weighted by Gasteiger charge is -2.42. The third-order valence-electron chi connectivity index (χ3n) is 6.93. The summed E-state index contributed by atoms with van der Waals surface area (Å²) in [7, 11) is 0. The van der Waals surface area contributed by atoms with Gasteiger partial charge in [-0.15, -0.1) is 0 Å². The van der Waals surface area contributed by atoms with Crippen LogP contribution in [0.4, 0.5) is 6.01 Å². The molecule has 1 N–H and O–H groups in total. The number of benzene rings is 1. The van der Waals surface area contributed by atoms with Crippen LogP contribution in [0.3, 0.4) is 0 Å². The van der Waals surface area contributed by atoms with Crippen molar-refractivity contribution in [2.45, 2.75) is 50.6 Å². The smallest absolute Gasteiger partial charge is 0.298 e. The van der Waals surface area contributed by atoms with Gasteiger partial charge in [0.2, 0.25) is 5.91 Å². The van der Waals surface area contributed by atoms with Gasteiger partial charge in [0, 0.05) is 44.9 Å². The van der Waals surface area contributed by atoms with E-state index in [9.17, 15) is 4.79 Å². The second-order valence-electron chi connectivity index (χ2n) is 8.91. The molecule has 1 amide bonds. The molecule has 0 spiro atoms. The lowest BCUT2D eigenvalue weighted by molar-refractivity contribution is -0.128. The van der Waals surface area contributed by atoms with Gasteiger partial charge in [-0.1, -0.05) is 12.1 Å². The largest absolute Gasteiger partial charge is 0.423 e. The predicted octanol–water partition coefficient (Wildman–Crippen LogP) is 2.80. The van der Waals surface area contributed by atoms with Crippen molar-refractivity contribution in [1.29, 1.82) is 0 Å². The van der Waals surface area contributed by atoms with Crippen molar-refractivity contribution in [3.63, 3.8) is 0 Å². The third-order valence-corrected chi connectivity index (χ3v) is 6.93. The minimum atomic E-state index is 0.122. The van der Waals surface area contributed by atoms with Crippen molar-refractivity contribution in [3.05, 3.63) is 24.3 Å². The van der Waals surface area contributed by atoms with E-state index in [1.807, 2.05) is 24.3 Å². The summed E-state index contributed by atoms with van der Waals surface area (Å²) in [5, 5.41) is 3.28. The van der Waals surface area contributed by atoms with E-state index in [1.165, 1.54) is 0 Å². The lowest BCUT2D eigenvalue weighted by Crippen LogP contribution is -2.52. The third kappa shape index (κ3) is 4.32. The summed E-state index contributed by atoms with van der Waals surface area (Å²) in [6, 6.07) is 9.51. The molecule has 1 aromatic heterocycles. The highest BCUT2D eigenvalue weighted by atomic mass is 16.5. The van der Waals surface area contributed by atoms with E-state index in [0.717, 1.165) is 95.0 Å². The number of likely N-dealkylation sites (tertiary alicyclic amines) is 1. The monoisotopic (exact) mass is 412 g/mol. The number of ether oxygens (including phenoxy) is 1. The van der Waals surface area contributed by atoms with Crippen LogP contribution in [0, 0.1) is 5.92 Å². The van der Waals surface area contributed by atoms with Gasteiger partial charge in [0.25, 0.3) is 6.01 Å². The average molecular weight is 413 g/mol. The molecule has 0 radical (unpaired) electrons. The summed E-state index contributed by atoms with van der Waals surface area (Å²) in [5.41, 5.74) is 1.77. The van der Waals surface area contributed by atoms with Gasteiger partial charge >= 0.3 is 0 Å². The Morgan fingerprint density at radius 1 is 1.03 bits per heavy atom. The number of para-hydroxylation sites is 2. The molecule has 3 fully saturated rings. The first kappa shape index (κ1) is 19.8. The Hall–Kier alpha value is -2.12. The van der Waals surface area contributed by atoms with Gasteiger partial charge in [-0.3, -0.25) is 9.69 Å². The first-order valence-electron chi connectivity index (χ1n) is 11.5. The van der Waals surface area contributed by atoms with Gasteiger partial charge in [-0.05, 0) is 57.2 Å². The Bertz CT molecular complexity index is 822. The Kier molecular flexibility index (Phi) is 5.91. The van der Waals surface area contributed by atoms with Crippen LogP contribution in [0.15, 0.2) is 28.7 Å². The van der Waals surface area contributed by atoms with Crippen molar-refractivity contribution in [1.82, 2.24) is 15.2 Å². The van der Waals surface area contributed by atoms with Gasteiger partial charge < -0.3 is 19.4 Å². The molecule has 5 rings (SSSR count). The summed E-state index contributed by atoms with van der Waals surface area (Å²) < 4.78 is 11.4. The number of piperidine rings is 2. The first-order valence-corrected chi connectivity index (χ1v) is 11.5. The number of rotatable bonds is 4. The van der Waals surface area contributed by atoms with Crippen LogP contribution in [-0.4, -0.2) is 67.3 Å². The Balaban J connectivity index is 1.14. The number of carbonyl (C=O) groups excluding carboxylic acids is 1. The summed E-state index contributed by atoms with van der Waals surface area (Å²) in [5.74, 6) is 0.368. The van der Waals surface area contributed by atoms with Gasteiger partial charge in [-0.25, -0.2) is 0 Å². The molecule has 2 aromatic rings. The highest BCUT2D eigenvalue weighted by Gasteiger charge is 2.33. The number of hydrogen-bond acceptors (Lipinski definition) is 6. The number of aromatic nitrogens is 1. The number of amides is 1. The molecule has 0 saturated carbocycles. The number of oxazole rings is 1. The Labute approximate surface area is 177 Å². The van der Waals surface area contributed by atoms with E-state index >= 15 is 0 Å². The summed E-state index contributed by atoms with van der Waals surface area (Å²) in [6.07, 6.45) is 6.18. The van der Waals surface area contributed by atoms with Crippen molar-refractivity contribution in [2.24, 2.45) is 5.92 Å². The van der Waals surface area contributed by atoms with Crippen LogP contribution in [-0.2, 0) is 9.53 Å². The van der Waals surface area contributed by atoms with Crippen LogP contribution in [0.1, 0.15) is 38.5 Å². The molecule has 0 bridgehead atoms. The fourth-order valence-corrected chi connectivity index (χ4v) is 5.13. The van der Waals surface area contributed by atoms with Crippen molar-refractivity contribution in [2.75, 3.05) is 44.3 Å². The number of nitrogens with zero attached hydrogens (tertiary/aromatic N) is 3. The Morgan fingerprint density at radius 3 is 2.63 bits per heavy atom. The van der Waals surface area contributed by atoms with Crippen molar-refractivity contribution < 1.29 is 13.9 Å². The zero-order valence-electron chi connectivity index (χ0n) is 17.6. The minimum absolute atomic E-state index is 0.122. The number of nitrogens with one attached hydrogen (secondary N) is 1. The van der Waals surface area contributed by atoms with E-state index in [4.69, 9.17) is 9.15 Å². The summed E-state index contributed by atoms with van der Waals surface area (Å²) in [6.45, 7) is 5.43. The zero-order valence-corrected chi connectivity index (χ0v) is 17.6. The molecular weight excluding hydrogens is 380 g/mol. The molecule has 0 aliphatic carbocycles. The van der Waals surface area contributed by atoms with Crippen LogP contribution in [0.5, 0.6) is 0 Å². The highest BCUT2D eigenvalue weighted by Crippen LogP contribution is 2.28. The fraction of sp³-hybridized carbons (Fsp3) is 0.652. The standard InChI is InChI=1S/C23H32N4O3/c28-22(24-18-9-14-29-15-10-18)17-4-3-11-27(16-17)19-7-12-26(13-8-19)23-25-20-5-1-2-6-21(20)30-23/h1-2,5-6,17-19H,3-4,7-16H2,(H,24,28)/t17-/m0/s1. The van der Waals surface area contributed by atoms with Crippen LogP contribution in [0.25, 0.3) is 11.1 Å². The molecule has 3 saturated heterocycles. The first-order chi connectivity index (χ1) is 14.8. The van der Waals surface area contributed by atoms with Crippen molar-refractivity contribution in [3.8, 4) is 0 Å². The molecule has 1 atom stereocenters. The second kappa shape index (κ2) is 8.94. The number of anilines is 1. The van der Waals surface area contributed by atoms with Gasteiger partial charge in [-0.2, -0.15) is 4.98 Å².